The van der Waals surface area contributed by atoms with Crippen LogP contribution >= 0.6 is 0 Å². The van der Waals surface area contributed by atoms with Crippen molar-refractivity contribution in [2.24, 2.45) is 17.2 Å². The van der Waals surface area contributed by atoms with Crippen molar-refractivity contribution in [1.82, 2.24) is 21.3 Å². The normalized spacial score (nSPS) is 28.3. The van der Waals surface area contributed by atoms with Crippen LogP contribution in [0.1, 0.15) is 58.3 Å². The van der Waals surface area contributed by atoms with E-state index in [4.69, 9.17) is 74.0 Å². The third-order valence-corrected chi connectivity index (χ3v) is 12.8. The molecule has 3 rings (SSSR count). The Morgan fingerprint density at radius 3 is 0.976 bits per heavy atom. The highest BCUT2D eigenvalue weighted by Crippen LogP contribution is 2.29. The van der Waals surface area contributed by atoms with Crippen LogP contribution in [0.4, 0.5) is 14.4 Å². The van der Waals surface area contributed by atoms with E-state index in [1.165, 1.54) is 0 Å². The van der Waals surface area contributed by atoms with Gasteiger partial charge in [0.25, 0.3) is 0 Å². The molecule has 3 aliphatic rings. The van der Waals surface area contributed by atoms with Crippen molar-refractivity contribution < 1.29 is 136 Å². The van der Waals surface area contributed by atoms with E-state index in [1.54, 1.807) is 6.92 Å². The maximum Gasteiger partial charge on any atom is 0.404 e. The van der Waals surface area contributed by atoms with Gasteiger partial charge in [-0.2, -0.15) is 0 Å². The van der Waals surface area contributed by atoms with Crippen LogP contribution in [0.5, 0.6) is 0 Å². The van der Waals surface area contributed by atoms with E-state index in [-0.39, 0.29) is 124 Å². The van der Waals surface area contributed by atoms with E-state index < -0.39 is 159 Å². The molecule has 35 heteroatoms. The fourth-order valence-corrected chi connectivity index (χ4v) is 8.63. The van der Waals surface area contributed by atoms with Crippen LogP contribution in [0.15, 0.2) is 0 Å². The van der Waals surface area contributed by atoms with Gasteiger partial charge in [-0.15, -0.1) is 0 Å². The minimum Gasteiger partial charge on any atom is -0.441 e. The summed E-state index contributed by atoms with van der Waals surface area (Å²) < 4.78 is 63.3. The van der Waals surface area contributed by atoms with Gasteiger partial charge in [-0.1, -0.05) is 6.92 Å². The Balaban J connectivity index is 1.55. The second-order valence-corrected chi connectivity index (χ2v) is 18.9. The van der Waals surface area contributed by atoms with Gasteiger partial charge in [-0.25, -0.2) is 14.4 Å². The maximum absolute atomic E-state index is 13.3. The van der Waals surface area contributed by atoms with Gasteiger partial charge in [0.1, 0.15) is 54.9 Å². The number of ether oxygens (including phenoxy) is 12. The van der Waals surface area contributed by atoms with Crippen LogP contribution < -0.4 is 38.5 Å². The van der Waals surface area contributed by atoms with Gasteiger partial charge in [0.2, 0.25) is 23.6 Å². The first-order valence-electron chi connectivity index (χ1n) is 26.5. The van der Waals surface area contributed by atoms with Gasteiger partial charge in [-0.3, -0.25) is 19.2 Å². The summed E-state index contributed by atoms with van der Waals surface area (Å²) in [5, 5.41) is 102. The zero-order chi connectivity index (χ0) is 60.8. The molecule has 3 aliphatic heterocycles. The molecule has 15 atom stereocenters. The molecule has 3 fully saturated rings. The number of rotatable bonds is 39. The minimum absolute atomic E-state index is 0.00507. The van der Waals surface area contributed by atoms with E-state index in [2.05, 4.69) is 21.3 Å². The first-order valence-corrected chi connectivity index (χ1v) is 26.5. The number of carbonyl (C=O) groups is 7. The average molecular weight is 1190 g/mol. The Labute approximate surface area is 470 Å². The smallest absolute Gasteiger partial charge is 0.404 e. The summed E-state index contributed by atoms with van der Waals surface area (Å²) in [6.07, 6.45) is -26.5. The van der Waals surface area contributed by atoms with Crippen LogP contribution in [-0.2, 0) is 76.0 Å². The predicted molar refractivity (Wildman–Crippen MR) is 269 cm³/mol. The Morgan fingerprint density at radius 2 is 0.720 bits per heavy atom. The van der Waals surface area contributed by atoms with Crippen LogP contribution in [0, 0.1) is 0 Å². The Morgan fingerprint density at radius 1 is 0.427 bits per heavy atom. The van der Waals surface area contributed by atoms with E-state index in [0.29, 0.717) is 6.42 Å². The Bertz CT molecular complexity index is 1740. The van der Waals surface area contributed by atoms with Crippen molar-refractivity contribution in [3.05, 3.63) is 0 Å². The molecule has 0 unspecified atom stereocenters. The lowest BCUT2D eigenvalue weighted by molar-refractivity contribution is -0.301. The van der Waals surface area contributed by atoms with Gasteiger partial charge in [0, 0.05) is 50.9 Å². The monoisotopic (exact) mass is 1190 g/mol. The van der Waals surface area contributed by atoms with Crippen molar-refractivity contribution in [3.8, 4) is 0 Å². The van der Waals surface area contributed by atoms with E-state index in [0.717, 1.165) is 0 Å². The lowest BCUT2D eigenvalue weighted by Gasteiger charge is -2.40. The number of primary amides is 3. The number of amides is 7. The Hall–Kier alpha value is -5.03. The lowest BCUT2D eigenvalue weighted by Crippen LogP contribution is -2.60. The van der Waals surface area contributed by atoms with Crippen molar-refractivity contribution in [2.45, 2.75) is 156 Å². The standard InChI is InChI=1S/C47H83N7O28/c1-2-3-31(61)54-47(7-4-28(58)51-10-13-71-16-19-74-41-35(65)38(80-44(48)68)32(62)25(22-55)77-41,8-5-29(59)52-11-14-72-17-20-75-42-36(66)39(81-45(49)69)33(63)26(23-56)78-42)9-6-30(60)53-12-15-73-18-21-76-43-37(67)40(82-46(50)70)34(64)27(24-57)79-43/h25-27,32-43,55-57,62-67H,2-24H2,1H3,(H2,48,68)(H2,49,69)(H2,50,70)(H,51,58)(H,52,59)(H,53,60)(H,54,61)/t25-,26-,27-,32-,33-,34-,35+,36+,37+,38+,39+,40+,41+,42+,43+/m1/s1. The van der Waals surface area contributed by atoms with Crippen molar-refractivity contribution in [1.29, 1.82) is 0 Å². The molecule has 0 aromatic carbocycles. The number of hydrogen-bond donors (Lipinski definition) is 16. The molecule has 82 heavy (non-hydrogen) atoms. The summed E-state index contributed by atoms with van der Waals surface area (Å²) in [5.41, 5.74) is 13.8. The molecule has 0 aromatic rings. The molecule has 3 heterocycles. The molecule has 19 N–H and O–H groups in total. The highest BCUT2D eigenvalue weighted by atomic mass is 16.7. The number of aliphatic hydroxyl groups is 9. The van der Waals surface area contributed by atoms with Crippen LogP contribution in [0.3, 0.4) is 0 Å². The lowest BCUT2D eigenvalue weighted by atomic mass is 9.83. The largest absolute Gasteiger partial charge is 0.441 e. The van der Waals surface area contributed by atoms with Crippen molar-refractivity contribution >= 4 is 41.9 Å². The summed E-state index contributed by atoms with van der Waals surface area (Å²) in [5.74, 6) is -1.81. The molecule has 474 valence electrons. The first-order chi connectivity index (χ1) is 39.1. The summed E-state index contributed by atoms with van der Waals surface area (Å²) in [4.78, 5) is 86.8. The van der Waals surface area contributed by atoms with Gasteiger partial charge in [0.05, 0.1) is 79.3 Å². The van der Waals surface area contributed by atoms with E-state index >= 15 is 0 Å². The van der Waals surface area contributed by atoms with Gasteiger partial charge in [0.15, 0.2) is 37.2 Å². The topological polar surface area (TPSA) is 539 Å². The van der Waals surface area contributed by atoms with Crippen LogP contribution in [-0.4, -0.2) is 284 Å². The second kappa shape index (κ2) is 38.0. The van der Waals surface area contributed by atoms with Crippen LogP contribution in [0.2, 0.25) is 0 Å². The number of nitrogens with two attached hydrogens (primary N) is 3. The van der Waals surface area contributed by atoms with E-state index in [1.807, 2.05) is 0 Å². The quantitative estimate of drug-likeness (QED) is 0.0201. The summed E-state index contributed by atoms with van der Waals surface area (Å²) in [7, 11) is 0. The van der Waals surface area contributed by atoms with Gasteiger partial charge >= 0.3 is 18.3 Å². The molecular weight excluding hydrogens is 1110 g/mol. The molecule has 0 radical (unpaired) electrons. The molecule has 0 aliphatic carbocycles. The molecule has 3 saturated heterocycles. The minimum atomic E-state index is -1.67. The average Bonchev–Trinajstić information content (AvgIpc) is 3.46. The van der Waals surface area contributed by atoms with Crippen LogP contribution in [0.25, 0.3) is 0 Å². The molecule has 35 nitrogen and oxygen atoms in total. The predicted octanol–water partition coefficient (Wildman–Crippen LogP) is -7.86. The molecule has 0 saturated carbocycles. The summed E-state index contributed by atoms with van der Waals surface area (Å²) in [6, 6.07) is 0. The molecular formula is C47H83N7O28. The fraction of sp³-hybridized carbons (Fsp3) is 0.851. The van der Waals surface area contributed by atoms with Crippen molar-refractivity contribution in [2.75, 3.05) is 98.9 Å². The zero-order valence-corrected chi connectivity index (χ0v) is 45.4. The van der Waals surface area contributed by atoms with Gasteiger partial charge in [-0.05, 0) is 25.7 Å². The zero-order valence-electron chi connectivity index (χ0n) is 45.4. The van der Waals surface area contributed by atoms with Gasteiger partial charge < -0.3 is 141 Å². The fourth-order valence-electron chi connectivity index (χ4n) is 8.63. The SMILES string of the molecule is CCCC(=O)NC(CCC(=O)NCCOCCO[C@H]1O[C@H](CO)[C@@H](O)[C@H](OC(N)=O)[C@@H]1O)(CCC(=O)NCCOCCO[C@H]1O[C@H](CO)[C@@H](O)[C@H](OC(N)=O)[C@@H]1O)CCC(=O)NCCOCCO[C@H]1O[C@H](CO)[C@@H](O)[C@H](OC(N)=O)[C@@H]1O. The summed E-state index contributed by atoms with van der Waals surface area (Å²) >= 11 is 0. The first kappa shape index (κ1) is 71.2. The number of carbonyl (C=O) groups excluding carboxylic acids is 7. The Kier molecular flexibility index (Phi) is 33.0. The number of nitrogens with one attached hydrogen (secondary N) is 4. The third kappa shape index (κ3) is 24.7. The molecule has 0 bridgehead atoms. The third-order valence-electron chi connectivity index (χ3n) is 12.8. The number of aliphatic hydroxyl groups excluding tert-OH is 9. The summed E-state index contributed by atoms with van der Waals surface area (Å²) in [6.45, 7) is -1.15. The highest BCUT2D eigenvalue weighted by molar-refractivity contribution is 5.80. The van der Waals surface area contributed by atoms with Crippen molar-refractivity contribution in [3.63, 3.8) is 0 Å². The van der Waals surface area contributed by atoms with E-state index in [9.17, 15) is 79.5 Å². The molecule has 0 aromatic heterocycles. The number of hydrogen-bond acceptors (Lipinski definition) is 28. The highest BCUT2D eigenvalue weighted by Gasteiger charge is 2.49. The second-order valence-electron chi connectivity index (χ2n) is 18.9. The molecule has 7 amide bonds. The molecule has 0 spiro atoms. The maximum atomic E-state index is 13.3.